The molecule has 0 atom stereocenters. The summed E-state index contributed by atoms with van der Waals surface area (Å²) in [6, 6.07) is 12.0. The van der Waals surface area contributed by atoms with Gasteiger partial charge in [-0.2, -0.15) is 0 Å². The van der Waals surface area contributed by atoms with Gasteiger partial charge in [0.15, 0.2) is 0 Å². The molecule has 0 fully saturated rings. The molecule has 29 heavy (non-hydrogen) atoms. The van der Waals surface area contributed by atoms with Crippen molar-refractivity contribution in [2.45, 2.75) is 9.79 Å². The van der Waals surface area contributed by atoms with Crippen molar-refractivity contribution in [2.24, 2.45) is 0 Å². The van der Waals surface area contributed by atoms with Gasteiger partial charge in [-0.1, -0.05) is 29.8 Å². The molecule has 4 rings (SSSR count). The number of halogens is 4. The number of pyridine rings is 1. The molecular formula is C21H11ClF3NO2S. The molecule has 0 saturated carbocycles. The lowest BCUT2D eigenvalue weighted by atomic mass is 10.0. The van der Waals surface area contributed by atoms with Gasteiger partial charge in [0.1, 0.15) is 17.5 Å². The van der Waals surface area contributed by atoms with Gasteiger partial charge in [-0.3, -0.25) is 4.98 Å². The van der Waals surface area contributed by atoms with Crippen molar-refractivity contribution in [3.63, 3.8) is 0 Å². The highest BCUT2D eigenvalue weighted by molar-refractivity contribution is 7.91. The van der Waals surface area contributed by atoms with Crippen molar-refractivity contribution in [3.8, 4) is 11.1 Å². The highest BCUT2D eigenvalue weighted by Gasteiger charge is 2.26. The molecule has 0 aliphatic carbocycles. The van der Waals surface area contributed by atoms with Crippen molar-refractivity contribution in [1.29, 1.82) is 0 Å². The van der Waals surface area contributed by atoms with Crippen LogP contribution in [0.15, 0.2) is 76.7 Å². The minimum Gasteiger partial charge on any atom is -0.255 e. The molecule has 0 spiro atoms. The molecule has 0 N–H and O–H groups in total. The van der Waals surface area contributed by atoms with Crippen molar-refractivity contribution < 1.29 is 21.6 Å². The lowest BCUT2D eigenvalue weighted by Crippen LogP contribution is -2.07. The first-order valence-corrected chi connectivity index (χ1v) is 10.2. The molecule has 0 radical (unpaired) electrons. The van der Waals surface area contributed by atoms with E-state index in [1.54, 1.807) is 12.1 Å². The van der Waals surface area contributed by atoms with E-state index in [-0.39, 0.29) is 16.0 Å². The summed E-state index contributed by atoms with van der Waals surface area (Å²) >= 11 is 6.00. The summed E-state index contributed by atoms with van der Waals surface area (Å²) in [7, 11) is -4.38. The maximum Gasteiger partial charge on any atom is 0.208 e. The Bertz CT molecular complexity index is 1350. The second kappa shape index (κ2) is 7.17. The van der Waals surface area contributed by atoms with E-state index in [1.165, 1.54) is 30.3 Å². The summed E-state index contributed by atoms with van der Waals surface area (Å²) in [5, 5.41) is 0.788. The fraction of sp³-hybridized carbons (Fsp3) is 0. The number of hydrogen-bond acceptors (Lipinski definition) is 3. The summed E-state index contributed by atoms with van der Waals surface area (Å²) < 4.78 is 67.7. The molecule has 146 valence electrons. The zero-order chi connectivity index (χ0) is 20.8. The Balaban J connectivity index is 2.09. The summed E-state index contributed by atoms with van der Waals surface area (Å²) in [6.07, 6.45) is 1.08. The van der Waals surface area contributed by atoms with E-state index in [0.717, 1.165) is 18.3 Å². The first-order valence-electron chi connectivity index (χ1n) is 8.31. The van der Waals surface area contributed by atoms with Gasteiger partial charge in [0.25, 0.3) is 0 Å². The maximum atomic E-state index is 13.9. The second-order valence-electron chi connectivity index (χ2n) is 6.28. The number of sulfone groups is 1. The van der Waals surface area contributed by atoms with Crippen molar-refractivity contribution in [1.82, 2.24) is 4.98 Å². The highest BCUT2D eigenvalue weighted by Crippen LogP contribution is 2.37. The predicted molar refractivity (Wildman–Crippen MR) is 104 cm³/mol. The minimum absolute atomic E-state index is 0.163. The average Bonchev–Trinajstić information content (AvgIpc) is 2.66. The molecule has 0 unspecified atom stereocenters. The SMILES string of the molecule is O=S(=O)(c1cc(F)cc(F)c1)c1cnc2cc(Cl)ccc2c1-c1cccc(F)c1. The number of aromatic nitrogens is 1. The Morgan fingerprint density at radius 3 is 2.24 bits per heavy atom. The lowest BCUT2D eigenvalue weighted by Gasteiger charge is -2.14. The van der Waals surface area contributed by atoms with Crippen LogP contribution >= 0.6 is 11.6 Å². The smallest absolute Gasteiger partial charge is 0.208 e. The summed E-state index contributed by atoms with van der Waals surface area (Å²) in [5.41, 5.74) is 0.826. The molecule has 3 aromatic carbocycles. The Kier molecular flexibility index (Phi) is 4.80. The van der Waals surface area contributed by atoms with Crippen LogP contribution < -0.4 is 0 Å². The number of hydrogen-bond donors (Lipinski definition) is 0. The average molecular weight is 434 g/mol. The van der Waals surface area contributed by atoms with Gasteiger partial charge in [-0.05, 0) is 42.0 Å². The van der Waals surface area contributed by atoms with Gasteiger partial charge in [-0.15, -0.1) is 0 Å². The molecule has 0 aliphatic rings. The zero-order valence-corrected chi connectivity index (χ0v) is 16.1. The van der Waals surface area contributed by atoms with Crippen molar-refractivity contribution in [3.05, 3.63) is 89.3 Å². The normalized spacial score (nSPS) is 11.7. The summed E-state index contributed by atoms with van der Waals surface area (Å²) in [4.78, 5) is 3.27. The van der Waals surface area contributed by atoms with Gasteiger partial charge < -0.3 is 0 Å². The van der Waals surface area contributed by atoms with Crippen LogP contribution in [0, 0.1) is 17.5 Å². The van der Waals surface area contributed by atoms with E-state index in [0.29, 0.717) is 22.0 Å². The fourth-order valence-corrected chi connectivity index (χ4v) is 4.75. The third kappa shape index (κ3) is 3.59. The Morgan fingerprint density at radius 2 is 1.55 bits per heavy atom. The van der Waals surface area contributed by atoms with E-state index in [4.69, 9.17) is 11.6 Å². The fourth-order valence-electron chi connectivity index (χ4n) is 3.10. The van der Waals surface area contributed by atoms with Crippen LogP contribution in [0.1, 0.15) is 0 Å². The minimum atomic E-state index is -4.38. The van der Waals surface area contributed by atoms with E-state index >= 15 is 0 Å². The first-order chi connectivity index (χ1) is 13.8. The Labute approximate surface area is 169 Å². The van der Waals surface area contributed by atoms with Gasteiger partial charge in [-0.25, -0.2) is 21.6 Å². The molecule has 8 heteroatoms. The number of fused-ring (bicyclic) bond motifs is 1. The van der Waals surface area contributed by atoms with Gasteiger partial charge in [0.2, 0.25) is 9.84 Å². The van der Waals surface area contributed by atoms with Crippen LogP contribution in [-0.2, 0) is 9.84 Å². The van der Waals surface area contributed by atoms with Crippen LogP contribution in [0.4, 0.5) is 13.2 Å². The molecule has 0 aliphatic heterocycles. The zero-order valence-electron chi connectivity index (χ0n) is 14.5. The standard InChI is InChI=1S/C21H11ClF3NO2S/c22-13-4-5-18-19(7-13)26-11-20(21(18)12-2-1-3-14(23)6-12)29(27,28)17-9-15(24)8-16(25)10-17/h1-11H. The van der Waals surface area contributed by atoms with Gasteiger partial charge in [0, 0.05) is 28.2 Å². The van der Waals surface area contributed by atoms with Crippen LogP contribution in [-0.4, -0.2) is 13.4 Å². The van der Waals surface area contributed by atoms with Crippen LogP contribution in [0.3, 0.4) is 0 Å². The van der Waals surface area contributed by atoms with Gasteiger partial charge >= 0.3 is 0 Å². The van der Waals surface area contributed by atoms with Crippen LogP contribution in [0.5, 0.6) is 0 Å². The molecule has 1 heterocycles. The van der Waals surface area contributed by atoms with Crippen molar-refractivity contribution >= 4 is 32.3 Å². The number of rotatable bonds is 3. The molecule has 0 saturated heterocycles. The van der Waals surface area contributed by atoms with E-state index in [1.807, 2.05) is 0 Å². The molecule has 4 aromatic rings. The molecule has 0 bridgehead atoms. The summed E-state index contributed by atoms with van der Waals surface area (Å²) in [6.45, 7) is 0. The third-order valence-electron chi connectivity index (χ3n) is 4.35. The van der Waals surface area contributed by atoms with E-state index in [2.05, 4.69) is 4.98 Å². The predicted octanol–water partition coefficient (Wildman–Crippen LogP) is 5.81. The third-order valence-corrected chi connectivity index (χ3v) is 6.33. The Hall–Kier alpha value is -2.90. The van der Waals surface area contributed by atoms with Crippen LogP contribution in [0.2, 0.25) is 5.02 Å². The summed E-state index contributed by atoms with van der Waals surface area (Å²) in [5.74, 6) is -2.63. The number of benzene rings is 3. The first kappa shape index (κ1) is 19.4. The molecule has 1 aromatic heterocycles. The van der Waals surface area contributed by atoms with E-state index < -0.39 is 32.2 Å². The molecular weight excluding hydrogens is 423 g/mol. The van der Waals surface area contributed by atoms with Crippen molar-refractivity contribution in [2.75, 3.05) is 0 Å². The highest BCUT2D eigenvalue weighted by atomic mass is 35.5. The quantitative estimate of drug-likeness (QED) is 0.410. The molecule has 0 amide bonds. The lowest BCUT2D eigenvalue weighted by molar-refractivity contribution is 0.567. The van der Waals surface area contributed by atoms with Crippen LogP contribution in [0.25, 0.3) is 22.0 Å². The van der Waals surface area contributed by atoms with Gasteiger partial charge in [0.05, 0.1) is 15.3 Å². The maximum absolute atomic E-state index is 13.9. The second-order valence-corrected chi connectivity index (χ2v) is 8.63. The Morgan fingerprint density at radius 1 is 0.828 bits per heavy atom. The largest absolute Gasteiger partial charge is 0.255 e. The van der Waals surface area contributed by atoms with E-state index in [9.17, 15) is 21.6 Å². The number of nitrogens with zero attached hydrogens (tertiary/aromatic N) is 1. The topological polar surface area (TPSA) is 47.0 Å². The molecule has 3 nitrogen and oxygen atoms in total. The monoisotopic (exact) mass is 433 g/mol.